The Hall–Kier alpha value is -0.680. The molecule has 0 bridgehead atoms. The van der Waals surface area contributed by atoms with Crippen LogP contribution in [0.4, 0.5) is 5.82 Å². The van der Waals surface area contributed by atoms with E-state index in [4.69, 9.17) is 4.74 Å². The quantitative estimate of drug-likeness (QED) is 0.798. The van der Waals surface area contributed by atoms with Gasteiger partial charge in [-0.2, -0.15) is 0 Å². The van der Waals surface area contributed by atoms with Crippen LogP contribution in [0, 0.1) is 5.92 Å². The van der Waals surface area contributed by atoms with Crippen LogP contribution in [0.1, 0.15) is 12.8 Å². The molecule has 2 rings (SSSR count). The van der Waals surface area contributed by atoms with Crippen molar-refractivity contribution in [2.45, 2.75) is 12.8 Å². The van der Waals surface area contributed by atoms with Gasteiger partial charge < -0.3 is 9.64 Å². The Balaban J connectivity index is 1.94. The Kier molecular flexibility index (Phi) is 4.12. The summed E-state index contributed by atoms with van der Waals surface area (Å²) in [7, 11) is 2.07. The van der Waals surface area contributed by atoms with E-state index in [9.17, 15) is 0 Å². The fourth-order valence-corrected chi connectivity index (χ4v) is 2.24. The number of rotatable bonds is 3. The van der Waals surface area contributed by atoms with Crippen molar-refractivity contribution in [3.63, 3.8) is 0 Å². The topological polar surface area (TPSA) is 38.2 Å². The largest absolute Gasteiger partial charge is 0.381 e. The number of ether oxygens (including phenoxy) is 1. The van der Waals surface area contributed by atoms with Crippen molar-refractivity contribution in [2.24, 2.45) is 5.92 Å². The highest BCUT2D eigenvalue weighted by Gasteiger charge is 2.16. The van der Waals surface area contributed by atoms with Gasteiger partial charge in [0.15, 0.2) is 0 Å². The van der Waals surface area contributed by atoms with Gasteiger partial charge in [-0.05, 0) is 34.7 Å². The Bertz CT molecular complexity index is 342. The normalized spacial score (nSPS) is 17.4. The number of aromatic nitrogens is 2. The molecule has 4 nitrogen and oxygen atoms in total. The van der Waals surface area contributed by atoms with Crippen LogP contribution >= 0.6 is 15.9 Å². The van der Waals surface area contributed by atoms with Crippen LogP contribution in [0.3, 0.4) is 0 Å². The molecule has 0 amide bonds. The van der Waals surface area contributed by atoms with E-state index in [2.05, 4.69) is 37.8 Å². The summed E-state index contributed by atoms with van der Waals surface area (Å²) in [6.07, 6.45) is 3.88. The van der Waals surface area contributed by atoms with Crippen LogP contribution in [0.2, 0.25) is 0 Å². The molecule has 1 aromatic rings. The third kappa shape index (κ3) is 3.15. The van der Waals surface area contributed by atoms with Crippen molar-refractivity contribution in [1.29, 1.82) is 0 Å². The molecule has 0 unspecified atom stereocenters. The molecule has 5 heteroatoms. The van der Waals surface area contributed by atoms with Gasteiger partial charge in [0.1, 0.15) is 16.7 Å². The lowest BCUT2D eigenvalue weighted by atomic mass is 10.00. The first kappa shape index (κ1) is 11.8. The van der Waals surface area contributed by atoms with Gasteiger partial charge in [-0.1, -0.05) is 0 Å². The van der Waals surface area contributed by atoms with Gasteiger partial charge in [0.2, 0.25) is 0 Å². The maximum absolute atomic E-state index is 5.35. The molecule has 0 saturated carbocycles. The SMILES string of the molecule is CN(CC1CCOCC1)c1cc(Br)ncn1. The van der Waals surface area contributed by atoms with Gasteiger partial charge in [0, 0.05) is 32.9 Å². The molecule has 16 heavy (non-hydrogen) atoms. The average Bonchev–Trinajstić information content (AvgIpc) is 2.30. The lowest BCUT2D eigenvalue weighted by Gasteiger charge is -2.27. The summed E-state index contributed by atoms with van der Waals surface area (Å²) in [6.45, 7) is 2.82. The van der Waals surface area contributed by atoms with Crippen molar-refractivity contribution in [2.75, 3.05) is 31.7 Å². The Morgan fingerprint density at radius 3 is 2.88 bits per heavy atom. The number of anilines is 1. The highest BCUT2D eigenvalue weighted by molar-refractivity contribution is 9.10. The van der Waals surface area contributed by atoms with E-state index in [-0.39, 0.29) is 0 Å². The molecule has 1 saturated heterocycles. The predicted octanol–water partition coefficient (Wildman–Crippen LogP) is 2.10. The minimum Gasteiger partial charge on any atom is -0.381 e. The van der Waals surface area contributed by atoms with Gasteiger partial charge >= 0.3 is 0 Å². The second-order valence-electron chi connectivity index (χ2n) is 4.14. The molecule has 1 fully saturated rings. The van der Waals surface area contributed by atoms with Crippen LogP contribution in [-0.2, 0) is 4.74 Å². The number of hydrogen-bond acceptors (Lipinski definition) is 4. The molecule has 1 aliphatic heterocycles. The minimum atomic E-state index is 0.715. The summed E-state index contributed by atoms with van der Waals surface area (Å²) in [6, 6.07) is 1.94. The molecule has 0 spiro atoms. The molecule has 88 valence electrons. The van der Waals surface area contributed by atoms with Crippen molar-refractivity contribution in [1.82, 2.24) is 9.97 Å². The maximum Gasteiger partial charge on any atom is 0.132 e. The monoisotopic (exact) mass is 285 g/mol. The molecule has 1 aliphatic rings. The van der Waals surface area contributed by atoms with E-state index >= 15 is 0 Å². The van der Waals surface area contributed by atoms with Gasteiger partial charge in [-0.25, -0.2) is 9.97 Å². The van der Waals surface area contributed by atoms with Crippen molar-refractivity contribution < 1.29 is 4.74 Å². The van der Waals surface area contributed by atoms with Gasteiger partial charge in [0.05, 0.1) is 0 Å². The first-order valence-electron chi connectivity index (χ1n) is 5.52. The smallest absolute Gasteiger partial charge is 0.132 e. The minimum absolute atomic E-state index is 0.715. The summed E-state index contributed by atoms with van der Waals surface area (Å²) in [5, 5.41) is 0. The lowest BCUT2D eigenvalue weighted by molar-refractivity contribution is 0.0685. The van der Waals surface area contributed by atoms with Crippen molar-refractivity contribution in [3.05, 3.63) is 17.0 Å². The van der Waals surface area contributed by atoms with Gasteiger partial charge in [0.25, 0.3) is 0 Å². The number of hydrogen-bond donors (Lipinski definition) is 0. The van der Waals surface area contributed by atoms with Crippen LogP contribution in [0.25, 0.3) is 0 Å². The molecule has 0 N–H and O–H groups in total. The fourth-order valence-electron chi connectivity index (χ4n) is 1.94. The molecule has 1 aromatic heterocycles. The molecular formula is C11H16BrN3O. The molecule has 0 radical (unpaired) electrons. The summed E-state index contributed by atoms with van der Waals surface area (Å²) in [5.41, 5.74) is 0. The standard InChI is InChI=1S/C11H16BrN3O/c1-15(7-9-2-4-16-5-3-9)11-6-10(12)13-8-14-11/h6,8-9H,2-5,7H2,1H3. The van der Waals surface area contributed by atoms with E-state index in [0.29, 0.717) is 5.92 Å². The van der Waals surface area contributed by atoms with E-state index in [1.54, 1.807) is 6.33 Å². The third-order valence-corrected chi connectivity index (χ3v) is 3.32. The third-order valence-electron chi connectivity index (χ3n) is 2.88. The van der Waals surface area contributed by atoms with Crippen LogP contribution < -0.4 is 4.90 Å². The van der Waals surface area contributed by atoms with E-state index < -0.39 is 0 Å². The zero-order chi connectivity index (χ0) is 11.4. The Morgan fingerprint density at radius 1 is 1.44 bits per heavy atom. The first-order valence-corrected chi connectivity index (χ1v) is 6.31. The van der Waals surface area contributed by atoms with Crippen molar-refractivity contribution in [3.8, 4) is 0 Å². The number of nitrogens with zero attached hydrogens (tertiary/aromatic N) is 3. The van der Waals surface area contributed by atoms with Gasteiger partial charge in [-0.15, -0.1) is 0 Å². The number of halogens is 1. The summed E-state index contributed by atoms with van der Waals surface area (Å²) < 4.78 is 6.18. The predicted molar refractivity (Wildman–Crippen MR) is 66.5 cm³/mol. The average molecular weight is 286 g/mol. The molecule has 0 aromatic carbocycles. The second-order valence-corrected chi connectivity index (χ2v) is 4.95. The summed E-state index contributed by atoms with van der Waals surface area (Å²) in [4.78, 5) is 10.5. The van der Waals surface area contributed by atoms with Crippen LogP contribution in [0.5, 0.6) is 0 Å². The summed E-state index contributed by atoms with van der Waals surface area (Å²) in [5.74, 6) is 1.68. The molecule has 0 aliphatic carbocycles. The fraction of sp³-hybridized carbons (Fsp3) is 0.636. The first-order chi connectivity index (χ1) is 7.75. The maximum atomic E-state index is 5.35. The lowest BCUT2D eigenvalue weighted by Crippen LogP contribution is -2.30. The van der Waals surface area contributed by atoms with Gasteiger partial charge in [-0.3, -0.25) is 0 Å². The van der Waals surface area contributed by atoms with E-state index in [1.807, 2.05) is 6.07 Å². The Morgan fingerprint density at radius 2 is 2.19 bits per heavy atom. The van der Waals surface area contributed by atoms with Crippen LogP contribution in [0.15, 0.2) is 17.0 Å². The highest BCUT2D eigenvalue weighted by atomic mass is 79.9. The highest BCUT2D eigenvalue weighted by Crippen LogP contribution is 2.19. The zero-order valence-corrected chi connectivity index (χ0v) is 11.0. The van der Waals surface area contributed by atoms with E-state index in [1.165, 1.54) is 0 Å². The van der Waals surface area contributed by atoms with E-state index in [0.717, 1.165) is 43.0 Å². The van der Waals surface area contributed by atoms with Crippen molar-refractivity contribution >= 4 is 21.7 Å². The molecular weight excluding hydrogens is 270 g/mol. The van der Waals surface area contributed by atoms with Crippen LogP contribution in [-0.4, -0.2) is 36.8 Å². The second kappa shape index (κ2) is 5.59. The summed E-state index contributed by atoms with van der Waals surface area (Å²) >= 11 is 3.36. The Labute approximate surface area is 104 Å². The molecule has 0 atom stereocenters. The molecule has 2 heterocycles. The zero-order valence-electron chi connectivity index (χ0n) is 9.40.